The van der Waals surface area contributed by atoms with Crippen LogP contribution in [-0.4, -0.2) is 16.0 Å². The Bertz CT molecular complexity index is 791. The second-order valence-electron chi connectivity index (χ2n) is 5.11. The molecule has 0 N–H and O–H groups in total. The van der Waals surface area contributed by atoms with E-state index >= 15 is 0 Å². The van der Waals surface area contributed by atoms with Gasteiger partial charge in [0.2, 0.25) is 0 Å². The minimum absolute atomic E-state index is 0.104. The third-order valence-electron chi connectivity index (χ3n) is 3.77. The Morgan fingerprint density at radius 3 is 2.81 bits per heavy atom. The number of rotatable bonds is 2. The van der Waals surface area contributed by atoms with E-state index in [-0.39, 0.29) is 11.0 Å². The Morgan fingerprint density at radius 2 is 1.90 bits per heavy atom. The van der Waals surface area contributed by atoms with Crippen LogP contribution in [0.1, 0.15) is 22.3 Å². The number of oxazole rings is 1. The highest BCUT2D eigenvalue weighted by atomic mass is 32.2. The van der Waals surface area contributed by atoms with Crippen LogP contribution in [0, 0.1) is 0 Å². The number of para-hydroxylation sites is 2. The smallest absolute Gasteiger partial charge is 0.257 e. The van der Waals surface area contributed by atoms with Crippen LogP contribution in [0.5, 0.6) is 0 Å². The maximum atomic E-state index is 12.5. The van der Waals surface area contributed by atoms with Gasteiger partial charge in [-0.25, -0.2) is 4.98 Å². The summed E-state index contributed by atoms with van der Waals surface area (Å²) in [4.78, 5) is 17.0. The molecule has 2 aromatic carbocycles. The molecule has 1 atom stereocenters. The van der Waals surface area contributed by atoms with E-state index in [1.807, 2.05) is 48.5 Å². The lowest BCUT2D eigenvalue weighted by atomic mass is 9.90. The number of ketones is 1. The molecule has 3 aromatic rings. The van der Waals surface area contributed by atoms with Gasteiger partial charge in [0.1, 0.15) is 5.52 Å². The molecular weight excluding hydrogens is 282 g/mol. The van der Waals surface area contributed by atoms with Crippen molar-refractivity contribution in [1.29, 1.82) is 0 Å². The van der Waals surface area contributed by atoms with Crippen molar-refractivity contribution in [2.45, 2.75) is 23.3 Å². The fourth-order valence-electron chi connectivity index (χ4n) is 2.71. The molecule has 3 nitrogen and oxygen atoms in total. The lowest BCUT2D eigenvalue weighted by Gasteiger charge is -2.21. The Balaban J connectivity index is 1.62. The van der Waals surface area contributed by atoms with Crippen LogP contribution in [-0.2, 0) is 6.42 Å². The molecule has 1 aliphatic rings. The average Bonchev–Trinajstić information content (AvgIpc) is 2.93. The van der Waals surface area contributed by atoms with Gasteiger partial charge in [-0.1, -0.05) is 48.2 Å². The van der Waals surface area contributed by atoms with E-state index in [1.54, 1.807) is 0 Å². The van der Waals surface area contributed by atoms with E-state index in [4.69, 9.17) is 4.42 Å². The van der Waals surface area contributed by atoms with Crippen LogP contribution in [0.2, 0.25) is 0 Å². The van der Waals surface area contributed by atoms with E-state index < -0.39 is 0 Å². The molecule has 0 saturated carbocycles. The number of benzene rings is 2. The Morgan fingerprint density at radius 1 is 1.10 bits per heavy atom. The van der Waals surface area contributed by atoms with Gasteiger partial charge in [-0.2, -0.15) is 0 Å². The number of carbonyl (C=O) groups is 1. The van der Waals surface area contributed by atoms with E-state index in [0.717, 1.165) is 35.1 Å². The van der Waals surface area contributed by atoms with Crippen molar-refractivity contribution in [2.75, 3.05) is 0 Å². The van der Waals surface area contributed by atoms with Crippen molar-refractivity contribution >= 4 is 28.6 Å². The molecule has 0 amide bonds. The maximum Gasteiger partial charge on any atom is 0.257 e. The molecule has 4 rings (SSSR count). The number of carbonyl (C=O) groups excluding carboxylic acids is 1. The largest absolute Gasteiger partial charge is 0.431 e. The summed E-state index contributed by atoms with van der Waals surface area (Å²) in [6, 6.07) is 15.5. The van der Waals surface area contributed by atoms with Crippen molar-refractivity contribution < 1.29 is 9.21 Å². The summed E-state index contributed by atoms with van der Waals surface area (Å²) < 4.78 is 5.71. The van der Waals surface area contributed by atoms with Gasteiger partial charge < -0.3 is 4.42 Å². The summed E-state index contributed by atoms with van der Waals surface area (Å²) in [6.45, 7) is 0. The number of hydrogen-bond donors (Lipinski definition) is 0. The second kappa shape index (κ2) is 5.04. The molecule has 104 valence electrons. The predicted octanol–water partition coefficient (Wildman–Crippen LogP) is 4.12. The molecule has 21 heavy (non-hydrogen) atoms. The SMILES string of the molecule is O=C1c2ccccc2CC[C@@H]1Sc1nc2ccccc2o1. The topological polar surface area (TPSA) is 43.1 Å². The van der Waals surface area contributed by atoms with Crippen molar-refractivity contribution in [1.82, 2.24) is 4.98 Å². The van der Waals surface area contributed by atoms with Crippen molar-refractivity contribution in [3.63, 3.8) is 0 Å². The first-order valence-electron chi connectivity index (χ1n) is 6.95. The first kappa shape index (κ1) is 12.7. The molecule has 0 bridgehead atoms. The van der Waals surface area contributed by atoms with Crippen molar-refractivity contribution in [3.8, 4) is 0 Å². The van der Waals surface area contributed by atoms with Gasteiger partial charge >= 0.3 is 0 Å². The number of aromatic nitrogens is 1. The number of thioether (sulfide) groups is 1. The molecule has 1 aromatic heterocycles. The summed E-state index contributed by atoms with van der Waals surface area (Å²) >= 11 is 1.43. The highest BCUT2D eigenvalue weighted by molar-refractivity contribution is 8.00. The minimum Gasteiger partial charge on any atom is -0.431 e. The molecule has 1 heterocycles. The monoisotopic (exact) mass is 295 g/mol. The van der Waals surface area contributed by atoms with Gasteiger partial charge in [0.05, 0.1) is 5.25 Å². The average molecular weight is 295 g/mol. The molecular formula is C17H13NO2S. The highest BCUT2D eigenvalue weighted by Gasteiger charge is 2.29. The van der Waals surface area contributed by atoms with Crippen LogP contribution in [0.3, 0.4) is 0 Å². The van der Waals surface area contributed by atoms with Gasteiger partial charge in [-0.3, -0.25) is 4.79 Å². The predicted molar refractivity (Wildman–Crippen MR) is 82.7 cm³/mol. The number of hydrogen-bond acceptors (Lipinski definition) is 4. The van der Waals surface area contributed by atoms with Gasteiger partial charge in [0, 0.05) is 5.56 Å². The lowest BCUT2D eigenvalue weighted by Crippen LogP contribution is -2.24. The Kier molecular flexibility index (Phi) is 3.04. The Labute approximate surface area is 126 Å². The van der Waals surface area contributed by atoms with Gasteiger partial charge in [-0.05, 0) is 30.5 Å². The van der Waals surface area contributed by atoms with Gasteiger partial charge in [0.25, 0.3) is 5.22 Å². The van der Waals surface area contributed by atoms with Crippen LogP contribution >= 0.6 is 11.8 Å². The fourth-order valence-corrected chi connectivity index (χ4v) is 3.71. The van der Waals surface area contributed by atoms with Gasteiger partial charge in [-0.15, -0.1) is 0 Å². The van der Waals surface area contributed by atoms with E-state index in [1.165, 1.54) is 11.8 Å². The third kappa shape index (κ3) is 2.25. The normalized spacial score (nSPS) is 17.9. The summed E-state index contributed by atoms with van der Waals surface area (Å²) in [5.74, 6) is 0.184. The summed E-state index contributed by atoms with van der Waals surface area (Å²) in [5, 5.41) is 0.474. The molecule has 0 radical (unpaired) electrons. The van der Waals surface area contributed by atoms with Crippen LogP contribution in [0.4, 0.5) is 0 Å². The number of aryl methyl sites for hydroxylation is 1. The summed E-state index contributed by atoms with van der Waals surface area (Å²) in [7, 11) is 0. The number of nitrogens with zero attached hydrogens (tertiary/aromatic N) is 1. The van der Waals surface area contributed by atoms with Crippen LogP contribution in [0.25, 0.3) is 11.1 Å². The summed E-state index contributed by atoms with van der Waals surface area (Å²) in [6.07, 6.45) is 1.76. The second-order valence-corrected chi connectivity index (χ2v) is 6.27. The van der Waals surface area contributed by atoms with Crippen LogP contribution in [0.15, 0.2) is 58.2 Å². The maximum absolute atomic E-state index is 12.5. The zero-order valence-corrected chi connectivity index (χ0v) is 12.1. The van der Waals surface area contributed by atoms with Gasteiger partial charge in [0.15, 0.2) is 11.4 Å². The van der Waals surface area contributed by atoms with E-state index in [9.17, 15) is 4.79 Å². The molecule has 1 aliphatic carbocycles. The van der Waals surface area contributed by atoms with Crippen molar-refractivity contribution in [2.24, 2.45) is 0 Å². The fraction of sp³-hybridized carbons (Fsp3) is 0.176. The Hall–Kier alpha value is -2.07. The first-order chi connectivity index (χ1) is 10.3. The first-order valence-corrected chi connectivity index (χ1v) is 7.83. The zero-order valence-electron chi connectivity index (χ0n) is 11.3. The van der Waals surface area contributed by atoms with Crippen molar-refractivity contribution in [3.05, 3.63) is 59.7 Å². The van der Waals surface area contributed by atoms with E-state index in [2.05, 4.69) is 4.98 Å². The standard InChI is InChI=1S/C17H13NO2S/c19-16-12-6-2-1-5-11(12)9-10-15(16)21-17-18-13-7-3-4-8-14(13)20-17/h1-8,15H,9-10H2/t15-/m0/s1. The zero-order chi connectivity index (χ0) is 14.2. The number of fused-ring (bicyclic) bond motifs is 2. The van der Waals surface area contributed by atoms with E-state index in [0.29, 0.717) is 5.22 Å². The third-order valence-corrected chi connectivity index (χ3v) is 4.88. The lowest BCUT2D eigenvalue weighted by molar-refractivity contribution is 0.0979. The highest BCUT2D eigenvalue weighted by Crippen LogP contribution is 2.34. The molecule has 4 heteroatoms. The molecule has 0 unspecified atom stereocenters. The minimum atomic E-state index is -0.104. The molecule has 0 aliphatic heterocycles. The van der Waals surface area contributed by atoms with Crippen LogP contribution < -0.4 is 0 Å². The summed E-state index contributed by atoms with van der Waals surface area (Å²) in [5.41, 5.74) is 3.60. The molecule has 0 fully saturated rings. The molecule has 0 saturated heterocycles. The quantitative estimate of drug-likeness (QED) is 0.713. The number of Topliss-reactive ketones (excluding diaryl/α,β-unsaturated/α-hetero) is 1. The molecule has 0 spiro atoms.